The number of hydrogen-bond acceptors (Lipinski definition) is 4. The van der Waals surface area contributed by atoms with Gasteiger partial charge in [-0.15, -0.1) is 11.4 Å². The molecule has 0 N–H and O–H groups in total. The van der Waals surface area contributed by atoms with Crippen molar-refractivity contribution in [1.29, 1.82) is 0 Å². The maximum absolute atomic E-state index is 8.44. The van der Waals surface area contributed by atoms with Gasteiger partial charge in [-0.2, -0.15) is 0 Å². The first-order valence-corrected chi connectivity index (χ1v) is 1.79. The summed E-state index contributed by atoms with van der Waals surface area (Å²) in [6.07, 6.45) is 0. The third kappa shape index (κ3) is 415. The molecule has 0 amide bonds. The van der Waals surface area contributed by atoms with Gasteiger partial charge >= 0.3 is 0 Å². The Morgan fingerprint density at radius 1 is 1.33 bits per heavy atom. The first-order valence-electron chi connectivity index (χ1n) is 0.789. The van der Waals surface area contributed by atoms with Crippen LogP contribution >= 0.6 is 0 Å². The van der Waals surface area contributed by atoms with Crippen molar-refractivity contribution >= 4 is 18.2 Å². The summed E-state index contributed by atoms with van der Waals surface area (Å²) < 4.78 is 25.3. The highest BCUT2D eigenvalue weighted by atomic mass is 32.2. The number of carbonyl (C=O) groups excluding carboxylic acids is 1. The van der Waals surface area contributed by atoms with Crippen molar-refractivity contribution in [2.75, 3.05) is 0 Å². The molecule has 5 heteroatoms. The highest BCUT2D eigenvalue weighted by molar-refractivity contribution is 7.72. The summed E-state index contributed by atoms with van der Waals surface area (Å²) in [5.41, 5.74) is 0. The lowest BCUT2D eigenvalue weighted by Gasteiger charge is -2.03. The molecular weight excluding hydrogens is 108 g/mol. The van der Waals surface area contributed by atoms with Crippen LogP contribution in [0.3, 0.4) is 0 Å². The van der Waals surface area contributed by atoms with Crippen molar-refractivity contribution in [3.05, 3.63) is 0 Å². The van der Waals surface area contributed by atoms with E-state index in [1.807, 2.05) is 6.79 Å². The molecule has 0 atom stereocenters. The molecule has 4 nitrogen and oxygen atoms in total. The predicted molar refractivity (Wildman–Crippen MR) is 16.8 cm³/mol. The van der Waals surface area contributed by atoms with Gasteiger partial charge in [-0.25, -0.2) is 0 Å². The molecule has 0 aliphatic heterocycles. The Labute approximate surface area is 37.3 Å². The number of hydrogen-bond donors (Lipinski definition) is 0. The molecule has 0 aromatic carbocycles. The first-order chi connectivity index (χ1) is 2.73. The van der Waals surface area contributed by atoms with Crippen molar-refractivity contribution in [2.45, 2.75) is 0 Å². The van der Waals surface area contributed by atoms with Gasteiger partial charge in [0.15, 0.2) is 0 Å². The van der Waals surface area contributed by atoms with E-state index in [4.69, 9.17) is 18.1 Å². The van der Waals surface area contributed by atoms with Gasteiger partial charge in [0.05, 0.1) is 0 Å². The number of rotatable bonds is 0. The van der Waals surface area contributed by atoms with Crippen LogP contribution in [0, 0.1) is 0 Å². The molecule has 0 aromatic rings. The lowest BCUT2D eigenvalue weighted by Crippen LogP contribution is -1.76. The quantitative estimate of drug-likeness (QED) is 0.367. The molecule has 0 aliphatic rings. The van der Waals surface area contributed by atoms with Crippen molar-refractivity contribution < 1.29 is 18.1 Å². The molecule has 0 bridgehead atoms. The fraction of sp³-hybridized carbons (Fsp3) is 0. The lowest BCUT2D eigenvalue weighted by molar-refractivity contribution is -0.0979. The molecule has 0 fully saturated rings. The third-order valence-corrected chi connectivity index (χ3v) is 0. The molecule has 0 spiro atoms. The van der Waals surface area contributed by atoms with Gasteiger partial charge in [0.2, 0.25) is 0 Å². The van der Waals surface area contributed by atoms with Gasteiger partial charge in [-0.3, -0.25) is 4.21 Å². The molecular formula is CH2O4S-2. The molecule has 0 unspecified atom stereocenters. The Bertz CT molecular complexity index is 38.8. The monoisotopic (exact) mass is 110 g/mol. The first kappa shape index (κ1) is 9.22. The highest BCUT2D eigenvalue weighted by Crippen LogP contribution is 1.42. The van der Waals surface area contributed by atoms with E-state index in [0.717, 1.165) is 0 Å². The standard InChI is InChI=1S/CH2O.H2O3S/c1-2;1-4(2)3/h1H2;(H2,1,2,3)/p-2. The Kier molecular flexibility index (Phi) is 13.6. The van der Waals surface area contributed by atoms with Gasteiger partial charge in [0.1, 0.15) is 6.79 Å². The number of carbonyl (C=O) groups is 1. The van der Waals surface area contributed by atoms with Crippen LogP contribution in [0.1, 0.15) is 0 Å². The summed E-state index contributed by atoms with van der Waals surface area (Å²) in [7, 11) is 0. The molecule has 6 heavy (non-hydrogen) atoms. The van der Waals surface area contributed by atoms with Gasteiger partial charge < -0.3 is 13.9 Å². The van der Waals surface area contributed by atoms with Crippen molar-refractivity contribution in [2.24, 2.45) is 0 Å². The van der Waals surface area contributed by atoms with Gasteiger partial charge in [-0.05, 0) is 0 Å². The SMILES string of the molecule is C=O.O=S([O-])[O-]. The largest absolute Gasteiger partial charge is 0.784 e. The predicted octanol–water partition coefficient (Wildman–Crippen LogP) is -1.19. The van der Waals surface area contributed by atoms with E-state index in [9.17, 15) is 0 Å². The Morgan fingerprint density at radius 3 is 1.33 bits per heavy atom. The zero-order chi connectivity index (χ0) is 5.58. The molecule has 0 heterocycles. The van der Waals surface area contributed by atoms with Crippen LogP contribution in [0.15, 0.2) is 0 Å². The van der Waals surface area contributed by atoms with E-state index in [0.29, 0.717) is 0 Å². The van der Waals surface area contributed by atoms with Gasteiger partial charge in [-0.1, -0.05) is 0 Å². The van der Waals surface area contributed by atoms with Crippen LogP contribution in [0.5, 0.6) is 0 Å². The molecule has 0 saturated carbocycles. The molecule has 0 rings (SSSR count). The minimum Gasteiger partial charge on any atom is -0.784 e. The van der Waals surface area contributed by atoms with Crippen molar-refractivity contribution in [1.82, 2.24) is 0 Å². The second kappa shape index (κ2) is 8.83. The maximum atomic E-state index is 8.44. The van der Waals surface area contributed by atoms with E-state index in [2.05, 4.69) is 0 Å². The van der Waals surface area contributed by atoms with E-state index in [1.54, 1.807) is 0 Å². The molecule has 0 radical (unpaired) electrons. The molecule has 38 valence electrons. The van der Waals surface area contributed by atoms with E-state index >= 15 is 0 Å². The molecule has 0 saturated heterocycles. The average Bonchev–Trinajstić information content (AvgIpc) is 1.41. The second-order valence-corrected chi connectivity index (χ2v) is 0.612. The van der Waals surface area contributed by atoms with E-state index in [-0.39, 0.29) is 0 Å². The van der Waals surface area contributed by atoms with Crippen molar-refractivity contribution in [3.8, 4) is 0 Å². The fourth-order valence-electron chi connectivity index (χ4n) is 0. The summed E-state index contributed by atoms with van der Waals surface area (Å²) >= 11 is -3.11. The normalized spacial score (nSPS) is 6.50. The topological polar surface area (TPSA) is 80.3 Å². The zero-order valence-corrected chi connectivity index (χ0v) is 3.56. The third-order valence-electron chi connectivity index (χ3n) is 0. The van der Waals surface area contributed by atoms with E-state index < -0.39 is 11.4 Å². The minimum atomic E-state index is -3.11. The summed E-state index contributed by atoms with van der Waals surface area (Å²) in [6.45, 7) is 2.00. The van der Waals surface area contributed by atoms with Crippen LogP contribution < -0.4 is 0 Å². The fourth-order valence-corrected chi connectivity index (χ4v) is 0. The minimum absolute atomic E-state index is 2.00. The summed E-state index contributed by atoms with van der Waals surface area (Å²) in [5.74, 6) is 0. The van der Waals surface area contributed by atoms with Crippen LogP contribution in [0.2, 0.25) is 0 Å². The van der Waals surface area contributed by atoms with Crippen LogP contribution in [-0.4, -0.2) is 20.1 Å². The lowest BCUT2D eigenvalue weighted by atomic mass is 11.9. The molecule has 0 aromatic heterocycles. The van der Waals surface area contributed by atoms with Crippen molar-refractivity contribution in [3.63, 3.8) is 0 Å². The zero-order valence-electron chi connectivity index (χ0n) is 2.75. The second-order valence-electron chi connectivity index (χ2n) is 0.204. The maximum Gasteiger partial charge on any atom is 0.106 e. The van der Waals surface area contributed by atoms with Crippen LogP contribution in [0.25, 0.3) is 0 Å². The Hall–Kier alpha value is -0.260. The van der Waals surface area contributed by atoms with Gasteiger partial charge in [0, 0.05) is 0 Å². The highest BCUT2D eigenvalue weighted by Gasteiger charge is 1.20. The smallest absolute Gasteiger partial charge is 0.106 e. The van der Waals surface area contributed by atoms with Gasteiger partial charge in [0.25, 0.3) is 0 Å². The van der Waals surface area contributed by atoms with Crippen LogP contribution in [0.4, 0.5) is 0 Å². The van der Waals surface area contributed by atoms with E-state index in [1.165, 1.54) is 0 Å². The summed E-state index contributed by atoms with van der Waals surface area (Å²) in [5, 5.41) is 0. The summed E-state index contributed by atoms with van der Waals surface area (Å²) in [4.78, 5) is 8.00. The van der Waals surface area contributed by atoms with Crippen LogP contribution in [-0.2, 0) is 16.2 Å². The summed E-state index contributed by atoms with van der Waals surface area (Å²) in [6, 6.07) is 0. The molecule has 0 aliphatic carbocycles. The Morgan fingerprint density at radius 2 is 1.33 bits per heavy atom. The Balaban J connectivity index is 0. The average molecular weight is 110 g/mol.